The van der Waals surface area contributed by atoms with Crippen LogP contribution in [0.3, 0.4) is 0 Å². The standard InChI is InChI=1S/C11H15NO5S/c1-4-7-6(5(2)13)10(14)12(7)8(11(15)16)9(4)18(3)17/h4-7,13H,1-3H3,(H,15,16)/t4-,5-,6-,7-,18?/m1/s1. The number of β-lactam (4-membered cyclic amide) rings is 1. The Balaban J connectivity index is 2.44. The van der Waals surface area contributed by atoms with E-state index in [9.17, 15) is 19.2 Å². The molecule has 0 saturated carbocycles. The average molecular weight is 273 g/mol. The quantitative estimate of drug-likeness (QED) is 0.534. The Bertz CT molecular complexity index is 445. The summed E-state index contributed by atoms with van der Waals surface area (Å²) in [6.07, 6.45) is 0.573. The van der Waals surface area contributed by atoms with E-state index in [-0.39, 0.29) is 22.6 Å². The van der Waals surface area contributed by atoms with Gasteiger partial charge in [-0.3, -0.25) is 9.69 Å². The Morgan fingerprint density at radius 2 is 2.11 bits per heavy atom. The summed E-state index contributed by atoms with van der Waals surface area (Å²) in [4.78, 5) is 24.6. The van der Waals surface area contributed by atoms with Crippen molar-refractivity contribution in [2.75, 3.05) is 6.26 Å². The summed E-state index contributed by atoms with van der Waals surface area (Å²) < 4.78 is 11.7. The molecule has 18 heavy (non-hydrogen) atoms. The third-order valence-electron chi connectivity index (χ3n) is 3.62. The number of fused-ring (bicyclic) bond motifs is 1. The van der Waals surface area contributed by atoms with Crippen LogP contribution in [0.1, 0.15) is 13.8 Å². The zero-order chi connectivity index (χ0) is 13.8. The van der Waals surface area contributed by atoms with Crippen molar-refractivity contribution in [1.82, 2.24) is 4.90 Å². The SMILES string of the molecule is C[C@@H](O)[C@H]1C(=O)N2C(C(=O)O)=C([S+](C)[O-])[C@H](C)[C@H]12. The Morgan fingerprint density at radius 3 is 2.50 bits per heavy atom. The summed E-state index contributed by atoms with van der Waals surface area (Å²) in [5.74, 6) is -2.55. The molecule has 100 valence electrons. The second kappa shape index (κ2) is 4.25. The number of aliphatic hydroxyl groups is 1. The molecular weight excluding hydrogens is 258 g/mol. The van der Waals surface area contributed by atoms with Gasteiger partial charge in [-0.1, -0.05) is 6.92 Å². The van der Waals surface area contributed by atoms with Gasteiger partial charge in [-0.25, -0.2) is 4.79 Å². The number of rotatable bonds is 3. The van der Waals surface area contributed by atoms with Gasteiger partial charge >= 0.3 is 5.97 Å². The van der Waals surface area contributed by atoms with E-state index in [0.29, 0.717) is 0 Å². The largest absolute Gasteiger partial charge is 0.612 e. The Morgan fingerprint density at radius 1 is 1.56 bits per heavy atom. The predicted octanol–water partition coefficient (Wildman–Crippen LogP) is -0.481. The third-order valence-corrected chi connectivity index (χ3v) is 4.81. The molecule has 2 aliphatic rings. The second-order valence-electron chi connectivity index (χ2n) is 4.73. The van der Waals surface area contributed by atoms with Crippen molar-refractivity contribution in [2.45, 2.75) is 26.0 Å². The number of carboxylic acids is 1. The van der Waals surface area contributed by atoms with Crippen molar-refractivity contribution in [3.05, 3.63) is 10.6 Å². The number of hydrogen-bond donors (Lipinski definition) is 2. The van der Waals surface area contributed by atoms with Gasteiger partial charge in [0, 0.05) is 5.92 Å². The number of carboxylic acid groups (broad SMARTS) is 1. The second-order valence-corrected chi connectivity index (χ2v) is 6.07. The van der Waals surface area contributed by atoms with Crippen LogP contribution in [0, 0.1) is 11.8 Å². The molecule has 1 unspecified atom stereocenters. The third kappa shape index (κ3) is 1.58. The summed E-state index contributed by atoms with van der Waals surface area (Å²) in [6, 6.07) is -0.387. The zero-order valence-electron chi connectivity index (χ0n) is 10.3. The number of aliphatic hydroxyl groups excluding tert-OH is 1. The molecule has 1 amide bonds. The van der Waals surface area contributed by atoms with E-state index in [1.807, 2.05) is 0 Å². The van der Waals surface area contributed by atoms with E-state index in [1.165, 1.54) is 18.1 Å². The molecule has 0 bridgehead atoms. The molecule has 1 fully saturated rings. The molecule has 2 heterocycles. The normalized spacial score (nSPS) is 34.2. The maximum atomic E-state index is 11.9. The van der Waals surface area contributed by atoms with Gasteiger partial charge in [0.05, 0.1) is 18.1 Å². The van der Waals surface area contributed by atoms with Crippen molar-refractivity contribution in [1.29, 1.82) is 0 Å². The van der Waals surface area contributed by atoms with Crippen molar-refractivity contribution < 1.29 is 24.4 Å². The van der Waals surface area contributed by atoms with E-state index in [0.717, 1.165) is 0 Å². The highest BCUT2D eigenvalue weighted by Crippen LogP contribution is 2.48. The fourth-order valence-electron chi connectivity index (χ4n) is 2.91. The van der Waals surface area contributed by atoms with Crippen molar-refractivity contribution >= 4 is 23.1 Å². The van der Waals surface area contributed by atoms with E-state index < -0.39 is 35.1 Å². The summed E-state index contributed by atoms with van der Waals surface area (Å²) in [5.41, 5.74) is -0.171. The Labute approximate surface area is 107 Å². The fraction of sp³-hybridized carbons (Fsp3) is 0.636. The fourth-order valence-corrected chi connectivity index (χ4v) is 4.03. The molecule has 0 aromatic heterocycles. The van der Waals surface area contributed by atoms with Gasteiger partial charge in [-0.2, -0.15) is 0 Å². The molecule has 6 nitrogen and oxygen atoms in total. The first-order valence-corrected chi connectivity index (χ1v) is 7.16. The van der Waals surface area contributed by atoms with Gasteiger partial charge < -0.3 is 14.8 Å². The van der Waals surface area contributed by atoms with Gasteiger partial charge in [0.15, 0.2) is 10.6 Å². The molecule has 0 spiro atoms. The van der Waals surface area contributed by atoms with E-state index >= 15 is 0 Å². The molecule has 0 aromatic carbocycles. The first-order valence-electron chi connectivity index (χ1n) is 5.61. The lowest BCUT2D eigenvalue weighted by Gasteiger charge is -2.45. The Hall–Kier alpha value is -1.05. The van der Waals surface area contributed by atoms with Gasteiger partial charge in [0.2, 0.25) is 5.91 Å². The van der Waals surface area contributed by atoms with Gasteiger partial charge in [-0.05, 0) is 18.1 Å². The molecule has 5 atom stereocenters. The highest BCUT2D eigenvalue weighted by Gasteiger charge is 2.62. The summed E-state index contributed by atoms with van der Waals surface area (Å²) in [6.45, 7) is 3.25. The van der Waals surface area contributed by atoms with Crippen molar-refractivity contribution in [3.63, 3.8) is 0 Å². The highest BCUT2D eigenvalue weighted by atomic mass is 32.2. The number of hydrogen-bond acceptors (Lipinski definition) is 4. The van der Waals surface area contributed by atoms with Crippen LogP contribution in [-0.2, 0) is 20.8 Å². The lowest BCUT2D eigenvalue weighted by Crippen LogP contribution is -2.63. The van der Waals surface area contributed by atoms with Crippen LogP contribution < -0.4 is 0 Å². The molecule has 7 heteroatoms. The Kier molecular flexibility index (Phi) is 3.16. The van der Waals surface area contributed by atoms with Gasteiger partial charge in [0.1, 0.15) is 6.26 Å². The lowest BCUT2D eigenvalue weighted by molar-refractivity contribution is -0.163. The van der Waals surface area contributed by atoms with Crippen LogP contribution in [0.15, 0.2) is 10.6 Å². The monoisotopic (exact) mass is 273 g/mol. The van der Waals surface area contributed by atoms with Crippen LogP contribution in [0.2, 0.25) is 0 Å². The molecule has 0 aliphatic carbocycles. The zero-order valence-corrected chi connectivity index (χ0v) is 11.1. The topological polar surface area (TPSA) is 101 Å². The maximum Gasteiger partial charge on any atom is 0.357 e. The molecule has 0 radical (unpaired) electrons. The van der Waals surface area contributed by atoms with Crippen LogP contribution in [-0.4, -0.2) is 49.9 Å². The number of nitrogens with zero attached hydrogens (tertiary/aromatic N) is 1. The van der Waals surface area contributed by atoms with Crippen LogP contribution >= 0.6 is 0 Å². The maximum absolute atomic E-state index is 11.9. The number of carbonyl (C=O) groups is 2. The number of amides is 1. The summed E-state index contributed by atoms with van der Waals surface area (Å²) in [5, 5.41) is 18.7. The van der Waals surface area contributed by atoms with Crippen molar-refractivity contribution in [2.24, 2.45) is 11.8 Å². The summed E-state index contributed by atoms with van der Waals surface area (Å²) in [7, 11) is 0. The van der Waals surface area contributed by atoms with Gasteiger partial charge in [0.25, 0.3) is 0 Å². The molecule has 0 aromatic rings. The summed E-state index contributed by atoms with van der Waals surface area (Å²) >= 11 is -1.44. The molecule has 1 saturated heterocycles. The lowest BCUT2D eigenvalue weighted by atomic mass is 9.79. The molecular formula is C11H15NO5S. The predicted molar refractivity (Wildman–Crippen MR) is 63.7 cm³/mol. The number of carbonyl (C=O) groups excluding carboxylic acids is 1. The van der Waals surface area contributed by atoms with E-state index in [1.54, 1.807) is 6.92 Å². The van der Waals surface area contributed by atoms with Crippen molar-refractivity contribution in [3.8, 4) is 0 Å². The van der Waals surface area contributed by atoms with Gasteiger partial charge in [-0.15, -0.1) is 0 Å². The molecule has 2 rings (SSSR count). The highest BCUT2D eigenvalue weighted by molar-refractivity contribution is 7.94. The van der Waals surface area contributed by atoms with Crippen LogP contribution in [0.25, 0.3) is 0 Å². The van der Waals surface area contributed by atoms with Crippen LogP contribution in [0.5, 0.6) is 0 Å². The first-order chi connectivity index (χ1) is 8.29. The molecule has 2 aliphatic heterocycles. The molecule has 2 N–H and O–H groups in total. The smallest absolute Gasteiger partial charge is 0.357 e. The average Bonchev–Trinajstić information content (AvgIpc) is 2.47. The minimum atomic E-state index is -1.44. The van der Waals surface area contributed by atoms with E-state index in [4.69, 9.17) is 5.11 Å². The minimum absolute atomic E-state index is 0.171. The number of aliphatic carboxylic acids is 1. The van der Waals surface area contributed by atoms with E-state index in [2.05, 4.69) is 0 Å². The van der Waals surface area contributed by atoms with Crippen LogP contribution in [0.4, 0.5) is 0 Å². The first kappa shape index (κ1) is 13.4. The minimum Gasteiger partial charge on any atom is -0.612 e.